The molecule has 0 radical (unpaired) electrons. The zero-order chi connectivity index (χ0) is 16.3. The standard InChI is InChI=1S/C13H11F3N2O3S/c1-21-10-5-3-2-4-8(10)9-6-11(13(14,15)16)18-12(17-9)7-22(19)20/h2-6H,7H2,1H3,(H,19,20). The van der Waals surface area contributed by atoms with Gasteiger partial charge in [-0.15, -0.1) is 0 Å². The highest BCUT2D eigenvalue weighted by Gasteiger charge is 2.34. The second kappa shape index (κ2) is 6.41. The van der Waals surface area contributed by atoms with E-state index in [9.17, 15) is 17.4 Å². The highest BCUT2D eigenvalue weighted by Crippen LogP contribution is 2.33. The van der Waals surface area contributed by atoms with Gasteiger partial charge in [-0.05, 0) is 18.2 Å². The topological polar surface area (TPSA) is 72.3 Å². The van der Waals surface area contributed by atoms with Crippen molar-refractivity contribution in [2.45, 2.75) is 11.9 Å². The summed E-state index contributed by atoms with van der Waals surface area (Å²) in [5, 5.41) is 0. The van der Waals surface area contributed by atoms with Crippen LogP contribution in [-0.2, 0) is 23.0 Å². The predicted molar refractivity (Wildman–Crippen MR) is 73.5 cm³/mol. The number of methoxy groups -OCH3 is 1. The van der Waals surface area contributed by atoms with Crippen molar-refractivity contribution in [1.29, 1.82) is 0 Å². The molecule has 1 atom stereocenters. The summed E-state index contributed by atoms with van der Waals surface area (Å²) >= 11 is -2.35. The minimum atomic E-state index is -4.69. The highest BCUT2D eigenvalue weighted by atomic mass is 32.2. The lowest BCUT2D eigenvalue weighted by Crippen LogP contribution is -2.12. The fourth-order valence-electron chi connectivity index (χ4n) is 1.81. The summed E-state index contributed by atoms with van der Waals surface area (Å²) < 4.78 is 63.5. The second-order valence-corrected chi connectivity index (χ2v) is 5.15. The first-order valence-corrected chi connectivity index (χ1v) is 7.25. The van der Waals surface area contributed by atoms with E-state index < -0.39 is 28.7 Å². The molecule has 0 fully saturated rings. The smallest absolute Gasteiger partial charge is 0.433 e. The molecule has 0 saturated carbocycles. The average Bonchev–Trinajstić information content (AvgIpc) is 2.45. The Bertz CT molecular complexity index is 707. The molecule has 1 aromatic carbocycles. The average molecular weight is 332 g/mol. The second-order valence-electron chi connectivity index (χ2n) is 4.22. The molecule has 2 aromatic rings. The Morgan fingerprint density at radius 3 is 2.55 bits per heavy atom. The largest absolute Gasteiger partial charge is 0.496 e. The summed E-state index contributed by atoms with van der Waals surface area (Å²) in [7, 11) is 1.38. The third kappa shape index (κ3) is 3.80. The minimum absolute atomic E-state index is 0.0276. The van der Waals surface area contributed by atoms with E-state index in [0.717, 1.165) is 6.07 Å². The van der Waals surface area contributed by atoms with Crippen molar-refractivity contribution < 1.29 is 26.7 Å². The molecule has 1 unspecified atom stereocenters. The molecule has 0 aliphatic carbocycles. The lowest BCUT2D eigenvalue weighted by Gasteiger charge is -2.12. The summed E-state index contributed by atoms with van der Waals surface area (Å²) in [5.74, 6) is -0.617. The Balaban J connectivity index is 2.61. The summed E-state index contributed by atoms with van der Waals surface area (Å²) in [5.41, 5.74) is -0.869. The van der Waals surface area contributed by atoms with Crippen molar-refractivity contribution in [2.24, 2.45) is 0 Å². The van der Waals surface area contributed by atoms with Crippen molar-refractivity contribution in [3.8, 4) is 17.0 Å². The zero-order valence-corrected chi connectivity index (χ0v) is 12.1. The maximum Gasteiger partial charge on any atom is 0.433 e. The van der Waals surface area contributed by atoms with Crippen LogP contribution in [0, 0.1) is 0 Å². The van der Waals surface area contributed by atoms with Crippen molar-refractivity contribution in [1.82, 2.24) is 9.97 Å². The number of benzene rings is 1. The predicted octanol–water partition coefficient (Wildman–Crippen LogP) is 2.89. The van der Waals surface area contributed by atoms with E-state index in [2.05, 4.69) is 9.97 Å². The van der Waals surface area contributed by atoms with Gasteiger partial charge in [-0.3, -0.25) is 0 Å². The van der Waals surface area contributed by atoms with Crippen LogP contribution in [0.4, 0.5) is 13.2 Å². The van der Waals surface area contributed by atoms with E-state index >= 15 is 0 Å². The van der Waals surface area contributed by atoms with Gasteiger partial charge in [0, 0.05) is 5.56 Å². The maximum absolute atomic E-state index is 12.9. The molecule has 0 spiro atoms. The Hall–Kier alpha value is -2.00. The lowest BCUT2D eigenvalue weighted by atomic mass is 10.1. The van der Waals surface area contributed by atoms with Crippen LogP contribution in [0.5, 0.6) is 5.75 Å². The third-order valence-corrected chi connectivity index (χ3v) is 3.20. The zero-order valence-electron chi connectivity index (χ0n) is 11.3. The van der Waals surface area contributed by atoms with Gasteiger partial charge in [-0.25, -0.2) is 14.2 Å². The number of alkyl halides is 3. The number of para-hydroxylation sites is 1. The van der Waals surface area contributed by atoms with Gasteiger partial charge in [0.15, 0.2) is 11.1 Å². The van der Waals surface area contributed by atoms with Crippen LogP contribution in [0.1, 0.15) is 11.5 Å². The number of rotatable bonds is 4. The van der Waals surface area contributed by atoms with Crippen molar-refractivity contribution in [3.05, 3.63) is 41.9 Å². The monoisotopic (exact) mass is 332 g/mol. The van der Waals surface area contributed by atoms with Crippen molar-refractivity contribution >= 4 is 11.1 Å². The molecule has 22 heavy (non-hydrogen) atoms. The molecule has 0 aliphatic heterocycles. The molecule has 0 amide bonds. The molecule has 0 bridgehead atoms. The van der Waals surface area contributed by atoms with E-state index in [1.807, 2.05) is 0 Å². The first-order chi connectivity index (χ1) is 10.3. The van der Waals surface area contributed by atoms with Crippen LogP contribution < -0.4 is 4.74 Å². The van der Waals surface area contributed by atoms with Gasteiger partial charge in [0.1, 0.15) is 23.0 Å². The third-order valence-electron chi connectivity index (χ3n) is 2.70. The molecule has 1 aromatic heterocycles. The summed E-state index contributed by atoms with van der Waals surface area (Å²) in [6.45, 7) is 0. The first kappa shape index (κ1) is 16.4. The summed E-state index contributed by atoms with van der Waals surface area (Å²) in [6.07, 6.45) is -4.69. The maximum atomic E-state index is 12.9. The van der Waals surface area contributed by atoms with Crippen LogP contribution >= 0.6 is 0 Å². The van der Waals surface area contributed by atoms with E-state index in [1.54, 1.807) is 24.3 Å². The van der Waals surface area contributed by atoms with Gasteiger partial charge >= 0.3 is 6.18 Å². The SMILES string of the molecule is COc1ccccc1-c1cc(C(F)(F)F)nc(CS(=O)O)n1. The van der Waals surface area contributed by atoms with Gasteiger partial charge in [0.05, 0.1) is 12.8 Å². The van der Waals surface area contributed by atoms with Gasteiger partial charge < -0.3 is 9.29 Å². The molecule has 5 nitrogen and oxygen atoms in total. The van der Waals surface area contributed by atoms with Gasteiger partial charge in [-0.2, -0.15) is 13.2 Å². The number of nitrogens with zero attached hydrogens (tertiary/aromatic N) is 2. The molecule has 9 heteroatoms. The van der Waals surface area contributed by atoms with E-state index in [-0.39, 0.29) is 11.5 Å². The number of ether oxygens (including phenoxy) is 1. The number of hydrogen-bond donors (Lipinski definition) is 1. The molecule has 0 aliphatic rings. The normalized spacial score (nSPS) is 13.0. The van der Waals surface area contributed by atoms with Crippen molar-refractivity contribution in [2.75, 3.05) is 7.11 Å². The van der Waals surface area contributed by atoms with Crippen molar-refractivity contribution in [3.63, 3.8) is 0 Å². The molecule has 2 rings (SSSR count). The van der Waals surface area contributed by atoms with Gasteiger partial charge in [0.25, 0.3) is 0 Å². The molecule has 0 saturated heterocycles. The van der Waals surface area contributed by atoms with E-state index in [4.69, 9.17) is 9.29 Å². The Labute approximate surface area is 126 Å². The van der Waals surface area contributed by atoms with Crippen LogP contribution in [0.3, 0.4) is 0 Å². The van der Waals surface area contributed by atoms with Crippen LogP contribution in [0.25, 0.3) is 11.3 Å². The highest BCUT2D eigenvalue weighted by molar-refractivity contribution is 7.78. The van der Waals surface area contributed by atoms with E-state index in [0.29, 0.717) is 11.3 Å². The van der Waals surface area contributed by atoms with E-state index in [1.165, 1.54) is 7.11 Å². The quantitative estimate of drug-likeness (QED) is 0.872. The Morgan fingerprint density at radius 1 is 1.27 bits per heavy atom. The van der Waals surface area contributed by atoms with Crippen LogP contribution in [0.15, 0.2) is 30.3 Å². The fourth-order valence-corrected chi connectivity index (χ4v) is 2.16. The molecule has 118 valence electrons. The minimum Gasteiger partial charge on any atom is -0.496 e. The van der Waals surface area contributed by atoms with Gasteiger partial charge in [-0.1, -0.05) is 12.1 Å². The lowest BCUT2D eigenvalue weighted by molar-refractivity contribution is -0.141. The molecule has 1 N–H and O–H groups in total. The Morgan fingerprint density at radius 2 is 1.95 bits per heavy atom. The number of hydrogen-bond acceptors (Lipinski definition) is 4. The first-order valence-electron chi connectivity index (χ1n) is 5.97. The van der Waals surface area contributed by atoms with Crippen LogP contribution in [-0.4, -0.2) is 25.8 Å². The van der Waals surface area contributed by atoms with Gasteiger partial charge in [0.2, 0.25) is 0 Å². The van der Waals surface area contributed by atoms with Crippen LogP contribution in [0.2, 0.25) is 0 Å². The fraction of sp³-hybridized carbons (Fsp3) is 0.231. The number of halogens is 3. The molecule has 1 heterocycles. The molecular weight excluding hydrogens is 321 g/mol. The summed E-state index contributed by atoms with van der Waals surface area (Å²) in [4.78, 5) is 7.22. The molecular formula is C13H11F3N2O3S. The Kier molecular flexibility index (Phi) is 4.77. The summed E-state index contributed by atoms with van der Waals surface area (Å²) in [6, 6.07) is 7.19. The number of aromatic nitrogens is 2.